The Morgan fingerprint density at radius 1 is 0.366 bits per heavy atom. The molecule has 0 saturated heterocycles. The van der Waals surface area contributed by atoms with Crippen molar-refractivity contribution >= 4 is 68.1 Å². The Bertz CT molecular complexity index is 1240. The van der Waals surface area contributed by atoms with Crippen LogP contribution in [0.1, 0.15) is 16.7 Å². The van der Waals surface area contributed by atoms with Gasteiger partial charge in [-0.15, -0.1) is 11.1 Å². The Balaban J connectivity index is 2.76. The molecule has 0 fully saturated rings. The lowest BCUT2D eigenvalue weighted by Gasteiger charge is -2.39. The molecular formula is C33H51ClN6Si. The standard InChI is InChI=1S/C33H51ClN6Si/c1-22-16-19-25(31(38(10)11)28(22)35(4)5)41(34,26-20-17-23(2)29(36(6)7)32(26)39(12)13)27-21-18-24(3)30(37(8)9)33(27)40(14)15/h16-21H,1-15H3. The Morgan fingerprint density at radius 3 is 0.732 bits per heavy atom. The van der Waals surface area contributed by atoms with Gasteiger partial charge in [0.25, 0.3) is 7.38 Å². The van der Waals surface area contributed by atoms with Gasteiger partial charge in [-0.3, -0.25) is 0 Å². The van der Waals surface area contributed by atoms with Crippen LogP contribution in [0.15, 0.2) is 36.4 Å². The molecule has 0 aliphatic rings. The normalized spacial score (nSPS) is 11.4. The quantitative estimate of drug-likeness (QED) is 0.208. The summed E-state index contributed by atoms with van der Waals surface area (Å²) in [5.74, 6) is 0. The van der Waals surface area contributed by atoms with E-state index in [0.29, 0.717) is 0 Å². The largest absolute Gasteiger partial charge is 0.376 e. The molecule has 224 valence electrons. The average molecular weight is 595 g/mol. The minimum Gasteiger partial charge on any atom is -0.376 e. The molecule has 0 heterocycles. The Kier molecular flexibility index (Phi) is 9.56. The van der Waals surface area contributed by atoms with Crippen LogP contribution in [-0.4, -0.2) is 92.0 Å². The smallest absolute Gasteiger partial charge is 0.254 e. The van der Waals surface area contributed by atoms with E-state index < -0.39 is 7.38 Å². The van der Waals surface area contributed by atoms with E-state index in [4.69, 9.17) is 11.1 Å². The van der Waals surface area contributed by atoms with Gasteiger partial charge in [-0.2, -0.15) is 0 Å². The molecule has 0 aliphatic carbocycles. The molecule has 3 aromatic rings. The number of anilines is 6. The first-order valence-corrected chi connectivity index (χ1v) is 17.1. The number of halogens is 1. The van der Waals surface area contributed by atoms with Crippen LogP contribution in [0.25, 0.3) is 0 Å². The maximum atomic E-state index is 8.55. The molecule has 0 aliphatic heterocycles. The number of hydrogen-bond donors (Lipinski definition) is 0. The predicted molar refractivity (Wildman–Crippen MR) is 190 cm³/mol. The van der Waals surface area contributed by atoms with Crippen LogP contribution in [0.2, 0.25) is 0 Å². The Hall–Kier alpha value is -3.03. The number of nitrogens with zero attached hydrogens (tertiary/aromatic N) is 6. The van der Waals surface area contributed by atoms with Gasteiger partial charge in [0.2, 0.25) is 0 Å². The zero-order valence-corrected chi connectivity index (χ0v) is 29.8. The molecular weight excluding hydrogens is 544 g/mol. The molecule has 41 heavy (non-hydrogen) atoms. The SMILES string of the molecule is Cc1ccc([Si](Cl)(c2ccc(C)c(N(C)C)c2N(C)C)c2ccc(C)c(N(C)C)c2N(C)C)c(N(C)C)c1N(C)C. The second-order valence-electron chi connectivity index (χ2n) is 12.4. The summed E-state index contributed by atoms with van der Waals surface area (Å²) in [6.07, 6.45) is 0. The van der Waals surface area contributed by atoms with Crippen LogP contribution >= 0.6 is 11.1 Å². The van der Waals surface area contributed by atoms with Crippen molar-refractivity contribution in [3.8, 4) is 0 Å². The molecule has 8 heteroatoms. The van der Waals surface area contributed by atoms with Crippen molar-refractivity contribution in [2.24, 2.45) is 0 Å². The molecule has 6 nitrogen and oxygen atoms in total. The first-order chi connectivity index (χ1) is 19.0. The monoisotopic (exact) mass is 594 g/mol. The molecule has 0 aromatic heterocycles. The molecule has 0 N–H and O–H groups in total. The highest BCUT2D eigenvalue weighted by Gasteiger charge is 2.46. The Morgan fingerprint density at radius 2 is 0.561 bits per heavy atom. The summed E-state index contributed by atoms with van der Waals surface area (Å²) in [6, 6.07) is 13.6. The van der Waals surface area contributed by atoms with Crippen molar-refractivity contribution in [2.45, 2.75) is 20.8 Å². The first-order valence-electron chi connectivity index (χ1n) is 14.1. The lowest BCUT2D eigenvalue weighted by atomic mass is 10.1. The molecule has 0 saturated carbocycles. The van der Waals surface area contributed by atoms with E-state index >= 15 is 0 Å². The van der Waals surface area contributed by atoms with Crippen molar-refractivity contribution < 1.29 is 0 Å². The third-order valence-corrected chi connectivity index (χ3v) is 13.1. The third kappa shape index (κ3) is 5.58. The second-order valence-corrected chi connectivity index (χ2v) is 17.0. The summed E-state index contributed by atoms with van der Waals surface area (Å²) in [7, 11) is 22.3. The van der Waals surface area contributed by atoms with Gasteiger partial charge in [-0.25, -0.2) is 0 Å². The number of hydrogen-bond acceptors (Lipinski definition) is 6. The van der Waals surface area contributed by atoms with Gasteiger partial charge >= 0.3 is 0 Å². The minimum absolute atomic E-state index is 1.17. The van der Waals surface area contributed by atoms with Gasteiger partial charge in [0.15, 0.2) is 0 Å². The molecule has 0 atom stereocenters. The van der Waals surface area contributed by atoms with Gasteiger partial charge in [0.05, 0.1) is 34.1 Å². The highest BCUT2D eigenvalue weighted by atomic mass is 35.6. The average Bonchev–Trinajstić information content (AvgIpc) is 2.86. The zero-order valence-electron chi connectivity index (χ0n) is 28.0. The zero-order chi connectivity index (χ0) is 31.1. The van der Waals surface area contributed by atoms with E-state index in [2.05, 4.69) is 171 Å². The molecule has 3 aromatic carbocycles. The molecule has 3 rings (SSSR count). The second kappa shape index (κ2) is 12.1. The van der Waals surface area contributed by atoms with Crippen molar-refractivity contribution in [3.05, 3.63) is 53.1 Å². The van der Waals surface area contributed by atoms with Crippen LogP contribution in [0.4, 0.5) is 34.1 Å². The first kappa shape index (κ1) is 32.5. The van der Waals surface area contributed by atoms with E-state index in [1.807, 2.05) is 0 Å². The lowest BCUT2D eigenvalue weighted by Crippen LogP contribution is -2.65. The fourth-order valence-corrected chi connectivity index (χ4v) is 11.5. The van der Waals surface area contributed by atoms with Crippen LogP contribution in [0, 0.1) is 20.8 Å². The van der Waals surface area contributed by atoms with Crippen LogP contribution in [-0.2, 0) is 0 Å². The maximum absolute atomic E-state index is 8.55. The van der Waals surface area contributed by atoms with E-state index in [-0.39, 0.29) is 0 Å². The van der Waals surface area contributed by atoms with Gasteiger partial charge < -0.3 is 29.4 Å². The van der Waals surface area contributed by atoms with Crippen molar-refractivity contribution in [1.82, 2.24) is 0 Å². The van der Waals surface area contributed by atoms with Crippen LogP contribution in [0.5, 0.6) is 0 Å². The van der Waals surface area contributed by atoms with Crippen LogP contribution < -0.4 is 45.0 Å². The maximum Gasteiger partial charge on any atom is 0.254 e. The summed E-state index contributed by atoms with van der Waals surface area (Å²) in [5.41, 5.74) is 10.8. The Labute approximate surface area is 255 Å². The highest BCUT2D eigenvalue weighted by Crippen LogP contribution is 2.38. The molecule has 0 bridgehead atoms. The lowest BCUT2D eigenvalue weighted by molar-refractivity contribution is 1.06. The predicted octanol–water partition coefficient (Wildman–Crippen LogP) is 4.21. The van der Waals surface area contributed by atoms with Crippen LogP contribution in [0.3, 0.4) is 0 Å². The summed E-state index contributed by atoms with van der Waals surface area (Å²) >= 11 is 8.55. The fraction of sp³-hybridized carbons (Fsp3) is 0.455. The topological polar surface area (TPSA) is 19.4 Å². The minimum atomic E-state index is -3.23. The molecule has 0 amide bonds. The van der Waals surface area contributed by atoms with Crippen molar-refractivity contribution in [3.63, 3.8) is 0 Å². The van der Waals surface area contributed by atoms with Gasteiger partial charge in [-0.1, -0.05) is 36.4 Å². The van der Waals surface area contributed by atoms with Crippen molar-refractivity contribution in [2.75, 3.05) is 114 Å². The number of benzene rings is 3. The highest BCUT2D eigenvalue weighted by molar-refractivity contribution is 7.41. The molecule has 0 radical (unpaired) electrons. The van der Waals surface area contributed by atoms with Gasteiger partial charge in [-0.05, 0) is 53.0 Å². The summed E-state index contributed by atoms with van der Waals surface area (Å²) in [6.45, 7) is 6.56. The summed E-state index contributed by atoms with van der Waals surface area (Å²) in [4.78, 5) is 13.4. The molecule has 0 spiro atoms. The van der Waals surface area contributed by atoms with Gasteiger partial charge in [0, 0.05) is 84.6 Å². The van der Waals surface area contributed by atoms with E-state index in [1.165, 1.54) is 66.4 Å². The van der Waals surface area contributed by atoms with E-state index in [1.54, 1.807) is 0 Å². The number of aryl methyl sites for hydroxylation is 3. The molecule has 0 unspecified atom stereocenters. The van der Waals surface area contributed by atoms with Crippen molar-refractivity contribution in [1.29, 1.82) is 0 Å². The number of rotatable bonds is 9. The summed E-state index contributed by atoms with van der Waals surface area (Å²) < 4.78 is 0. The third-order valence-electron chi connectivity index (χ3n) is 7.86. The van der Waals surface area contributed by atoms with E-state index in [9.17, 15) is 0 Å². The van der Waals surface area contributed by atoms with Gasteiger partial charge in [0.1, 0.15) is 0 Å². The van der Waals surface area contributed by atoms with E-state index in [0.717, 1.165) is 0 Å². The fourth-order valence-electron chi connectivity index (χ4n) is 6.36. The summed E-state index contributed by atoms with van der Waals surface area (Å²) in [5, 5.41) is 3.56.